The second-order valence-electron chi connectivity index (χ2n) is 3.75. The number of aliphatic hydroxyl groups excluding tert-OH is 1. The van der Waals surface area contributed by atoms with Gasteiger partial charge in [0, 0.05) is 18.6 Å². The summed E-state index contributed by atoms with van der Waals surface area (Å²) in [6.45, 7) is 0.391. The standard InChI is InChI=1S/C13H16O5/c14-7-1-2-9-18-12-10(6-8-15)4-3-5-11(12)13(16)17/h3-5,8,14H,1-2,6-7,9H2,(H,16,17). The van der Waals surface area contributed by atoms with Gasteiger partial charge in [0.15, 0.2) is 0 Å². The van der Waals surface area contributed by atoms with Crippen molar-refractivity contribution in [3.63, 3.8) is 0 Å². The first-order valence-electron chi connectivity index (χ1n) is 5.73. The van der Waals surface area contributed by atoms with E-state index in [4.69, 9.17) is 14.9 Å². The van der Waals surface area contributed by atoms with Gasteiger partial charge in [-0.3, -0.25) is 0 Å². The Kier molecular flexibility index (Phi) is 5.87. The SMILES string of the molecule is O=CCc1cccc(C(=O)O)c1OCCCCO. The smallest absolute Gasteiger partial charge is 0.339 e. The van der Waals surface area contributed by atoms with Gasteiger partial charge in [-0.1, -0.05) is 12.1 Å². The molecule has 0 radical (unpaired) electrons. The Bertz CT molecular complexity index is 414. The lowest BCUT2D eigenvalue weighted by Gasteiger charge is -2.12. The molecule has 98 valence electrons. The number of carbonyl (C=O) groups excluding carboxylic acids is 1. The first-order valence-corrected chi connectivity index (χ1v) is 5.73. The lowest BCUT2D eigenvalue weighted by molar-refractivity contribution is -0.107. The average molecular weight is 252 g/mol. The molecule has 0 spiro atoms. The van der Waals surface area contributed by atoms with E-state index in [1.54, 1.807) is 12.1 Å². The molecule has 0 bridgehead atoms. The number of aliphatic hydroxyl groups is 1. The molecule has 0 aliphatic heterocycles. The lowest BCUT2D eigenvalue weighted by atomic mass is 10.1. The zero-order valence-electron chi connectivity index (χ0n) is 9.96. The number of hydrogen-bond donors (Lipinski definition) is 2. The number of para-hydroxylation sites is 1. The molecule has 0 aliphatic rings. The highest BCUT2D eigenvalue weighted by Gasteiger charge is 2.14. The van der Waals surface area contributed by atoms with E-state index in [-0.39, 0.29) is 24.3 Å². The Labute approximate surface area is 105 Å². The number of unbranched alkanes of at least 4 members (excludes halogenated alkanes) is 1. The average Bonchev–Trinajstić information content (AvgIpc) is 2.36. The van der Waals surface area contributed by atoms with Gasteiger partial charge in [-0.25, -0.2) is 4.79 Å². The molecule has 0 saturated carbocycles. The third kappa shape index (κ3) is 3.85. The number of aldehydes is 1. The first-order chi connectivity index (χ1) is 8.70. The minimum atomic E-state index is -1.08. The van der Waals surface area contributed by atoms with Gasteiger partial charge in [0.1, 0.15) is 17.6 Å². The third-order valence-corrected chi connectivity index (χ3v) is 2.43. The normalized spacial score (nSPS) is 10.1. The van der Waals surface area contributed by atoms with E-state index in [0.717, 1.165) is 0 Å². The van der Waals surface area contributed by atoms with Crippen LogP contribution in [0.15, 0.2) is 18.2 Å². The van der Waals surface area contributed by atoms with Crippen LogP contribution in [-0.2, 0) is 11.2 Å². The summed E-state index contributed by atoms with van der Waals surface area (Å²) in [5.41, 5.74) is 0.618. The molecule has 18 heavy (non-hydrogen) atoms. The van der Waals surface area contributed by atoms with E-state index in [9.17, 15) is 9.59 Å². The fraction of sp³-hybridized carbons (Fsp3) is 0.385. The van der Waals surface area contributed by atoms with Crippen molar-refractivity contribution in [1.29, 1.82) is 0 Å². The van der Waals surface area contributed by atoms with E-state index < -0.39 is 5.97 Å². The van der Waals surface area contributed by atoms with Crippen molar-refractivity contribution in [2.24, 2.45) is 0 Å². The number of carboxylic acids is 1. The summed E-state index contributed by atoms with van der Waals surface area (Å²) in [5, 5.41) is 17.7. The van der Waals surface area contributed by atoms with E-state index in [1.807, 2.05) is 0 Å². The molecule has 5 heteroatoms. The minimum Gasteiger partial charge on any atom is -0.492 e. The van der Waals surface area contributed by atoms with Crippen molar-refractivity contribution in [3.8, 4) is 5.75 Å². The number of rotatable bonds is 8. The Morgan fingerprint density at radius 3 is 2.72 bits per heavy atom. The monoisotopic (exact) mass is 252 g/mol. The Hall–Kier alpha value is -1.88. The van der Waals surface area contributed by atoms with Crippen molar-refractivity contribution in [2.75, 3.05) is 13.2 Å². The highest BCUT2D eigenvalue weighted by molar-refractivity contribution is 5.91. The molecule has 0 aliphatic carbocycles. The van der Waals surface area contributed by atoms with Crippen LogP contribution in [0.25, 0.3) is 0 Å². The van der Waals surface area contributed by atoms with Crippen molar-refractivity contribution in [3.05, 3.63) is 29.3 Å². The number of carboxylic acid groups (broad SMARTS) is 1. The van der Waals surface area contributed by atoms with Crippen LogP contribution in [0.1, 0.15) is 28.8 Å². The number of aromatic carboxylic acids is 1. The maximum atomic E-state index is 11.1. The summed E-state index contributed by atoms with van der Waals surface area (Å²) in [6.07, 6.45) is 2.06. The quantitative estimate of drug-likeness (QED) is 0.538. The molecule has 0 saturated heterocycles. The maximum absolute atomic E-state index is 11.1. The zero-order valence-corrected chi connectivity index (χ0v) is 9.96. The van der Waals surface area contributed by atoms with Gasteiger partial charge >= 0.3 is 5.97 Å². The topological polar surface area (TPSA) is 83.8 Å². The molecule has 0 amide bonds. The second-order valence-corrected chi connectivity index (χ2v) is 3.75. The second kappa shape index (κ2) is 7.45. The van der Waals surface area contributed by atoms with Crippen LogP contribution >= 0.6 is 0 Å². The number of carbonyl (C=O) groups is 2. The fourth-order valence-corrected chi connectivity index (χ4v) is 1.56. The largest absolute Gasteiger partial charge is 0.492 e. The predicted octanol–water partition coefficient (Wildman–Crippen LogP) is 1.28. The highest BCUT2D eigenvalue weighted by atomic mass is 16.5. The Morgan fingerprint density at radius 1 is 1.33 bits per heavy atom. The molecule has 1 rings (SSSR count). The van der Waals surface area contributed by atoms with Crippen molar-refractivity contribution in [2.45, 2.75) is 19.3 Å². The van der Waals surface area contributed by atoms with Gasteiger partial charge in [-0.2, -0.15) is 0 Å². The molecule has 0 unspecified atom stereocenters. The van der Waals surface area contributed by atoms with E-state index in [1.165, 1.54) is 6.07 Å². The van der Waals surface area contributed by atoms with E-state index in [2.05, 4.69) is 0 Å². The van der Waals surface area contributed by atoms with E-state index >= 15 is 0 Å². The van der Waals surface area contributed by atoms with Gasteiger partial charge in [0.05, 0.1) is 6.61 Å². The Balaban J connectivity index is 2.88. The van der Waals surface area contributed by atoms with Crippen LogP contribution in [-0.4, -0.2) is 35.7 Å². The van der Waals surface area contributed by atoms with Crippen LogP contribution in [0.2, 0.25) is 0 Å². The van der Waals surface area contributed by atoms with Gasteiger partial charge in [-0.05, 0) is 18.9 Å². The van der Waals surface area contributed by atoms with E-state index in [0.29, 0.717) is 31.3 Å². The summed E-state index contributed by atoms with van der Waals surface area (Å²) < 4.78 is 5.43. The molecule has 0 heterocycles. The van der Waals surface area contributed by atoms with Gasteiger partial charge in [0.25, 0.3) is 0 Å². The molecular formula is C13H16O5. The van der Waals surface area contributed by atoms with Gasteiger partial charge in [-0.15, -0.1) is 0 Å². The van der Waals surface area contributed by atoms with Crippen LogP contribution < -0.4 is 4.74 Å². The third-order valence-electron chi connectivity index (χ3n) is 2.43. The lowest BCUT2D eigenvalue weighted by Crippen LogP contribution is -2.08. The molecule has 1 aromatic carbocycles. The van der Waals surface area contributed by atoms with Crippen LogP contribution in [0.3, 0.4) is 0 Å². The predicted molar refractivity (Wildman–Crippen MR) is 65.0 cm³/mol. The number of benzene rings is 1. The van der Waals surface area contributed by atoms with Crippen molar-refractivity contribution in [1.82, 2.24) is 0 Å². The van der Waals surface area contributed by atoms with Crippen LogP contribution in [0.4, 0.5) is 0 Å². The molecule has 0 atom stereocenters. The molecule has 0 fully saturated rings. The summed E-state index contributed by atoms with van der Waals surface area (Å²) in [5.74, 6) is -0.838. The van der Waals surface area contributed by atoms with Crippen molar-refractivity contribution < 1.29 is 24.5 Å². The molecular weight excluding hydrogens is 236 g/mol. The zero-order chi connectivity index (χ0) is 13.4. The fourth-order valence-electron chi connectivity index (χ4n) is 1.56. The first kappa shape index (κ1) is 14.2. The summed E-state index contributed by atoms with van der Waals surface area (Å²) >= 11 is 0. The molecule has 0 aromatic heterocycles. The van der Waals surface area contributed by atoms with Crippen LogP contribution in [0.5, 0.6) is 5.75 Å². The summed E-state index contributed by atoms with van der Waals surface area (Å²) in [6, 6.07) is 4.70. The van der Waals surface area contributed by atoms with Crippen LogP contribution in [0, 0.1) is 0 Å². The molecule has 1 aromatic rings. The number of hydrogen-bond acceptors (Lipinski definition) is 4. The van der Waals surface area contributed by atoms with Gasteiger partial charge < -0.3 is 19.7 Å². The molecule has 2 N–H and O–H groups in total. The maximum Gasteiger partial charge on any atom is 0.339 e. The Morgan fingerprint density at radius 2 is 2.11 bits per heavy atom. The number of ether oxygens (including phenoxy) is 1. The summed E-state index contributed by atoms with van der Waals surface area (Å²) in [4.78, 5) is 21.6. The van der Waals surface area contributed by atoms with Gasteiger partial charge in [0.2, 0.25) is 0 Å². The van der Waals surface area contributed by atoms with Crippen molar-refractivity contribution >= 4 is 12.3 Å². The minimum absolute atomic E-state index is 0.0540. The molecule has 5 nitrogen and oxygen atoms in total. The summed E-state index contributed by atoms with van der Waals surface area (Å²) in [7, 11) is 0. The highest BCUT2D eigenvalue weighted by Crippen LogP contribution is 2.24.